The lowest BCUT2D eigenvalue weighted by Gasteiger charge is -2.29. The number of hydrogen-bond acceptors (Lipinski definition) is 4. The molecule has 128 valence electrons. The molecule has 0 unspecified atom stereocenters. The maximum Gasteiger partial charge on any atom is 0.263 e. The van der Waals surface area contributed by atoms with Gasteiger partial charge in [-0.1, -0.05) is 38.0 Å². The smallest absolute Gasteiger partial charge is 0.263 e. The molecular weight excluding hydrogens is 320 g/mol. The van der Waals surface area contributed by atoms with E-state index in [1.54, 1.807) is 0 Å². The normalized spacial score (nSPS) is 20.6. The summed E-state index contributed by atoms with van der Waals surface area (Å²) in [6, 6.07) is 9.95. The first-order chi connectivity index (χ1) is 11.6. The number of aromatic nitrogens is 1. The summed E-state index contributed by atoms with van der Waals surface area (Å²) in [5, 5.41) is 4.04. The van der Waals surface area contributed by atoms with Crippen LogP contribution in [0.2, 0.25) is 0 Å². The predicted octanol–water partition coefficient (Wildman–Crippen LogP) is 4.34. The summed E-state index contributed by atoms with van der Waals surface area (Å²) in [6.45, 7) is 4.51. The zero-order chi connectivity index (χ0) is 16.9. The Morgan fingerprint density at radius 2 is 2.04 bits per heavy atom. The summed E-state index contributed by atoms with van der Waals surface area (Å²) in [5.41, 5.74) is 0.785. The first kappa shape index (κ1) is 17.0. The van der Waals surface area contributed by atoms with Gasteiger partial charge in [0.05, 0.1) is 5.69 Å². The van der Waals surface area contributed by atoms with E-state index >= 15 is 0 Å². The van der Waals surface area contributed by atoms with Crippen molar-refractivity contribution in [3.63, 3.8) is 0 Å². The number of carbonyl (C=O) groups excluding carboxylic acids is 1. The van der Waals surface area contributed by atoms with Crippen LogP contribution in [0, 0.1) is 12.8 Å². The number of thiazole rings is 1. The van der Waals surface area contributed by atoms with E-state index in [0.29, 0.717) is 17.4 Å². The molecule has 2 aromatic rings. The van der Waals surface area contributed by atoms with E-state index in [1.807, 2.05) is 37.3 Å². The quantitative estimate of drug-likeness (QED) is 0.878. The fourth-order valence-corrected chi connectivity index (χ4v) is 4.03. The lowest BCUT2D eigenvalue weighted by Crippen LogP contribution is -2.40. The second-order valence-electron chi connectivity index (χ2n) is 6.47. The van der Waals surface area contributed by atoms with E-state index in [9.17, 15) is 4.79 Å². The fraction of sp³-hybridized carbons (Fsp3) is 0.474. The Labute approximate surface area is 147 Å². The SMILES string of the molecule is Cc1nc(COc2ccccc2)sc1C(=O)N[C@H]1CCCC[C@H]1C. The van der Waals surface area contributed by atoms with Gasteiger partial charge in [-0.3, -0.25) is 4.79 Å². The van der Waals surface area contributed by atoms with Crippen LogP contribution < -0.4 is 10.1 Å². The van der Waals surface area contributed by atoms with Gasteiger partial charge in [0.15, 0.2) is 0 Å². The van der Waals surface area contributed by atoms with Gasteiger partial charge >= 0.3 is 0 Å². The highest BCUT2D eigenvalue weighted by Crippen LogP contribution is 2.25. The van der Waals surface area contributed by atoms with Crippen LogP contribution in [0.25, 0.3) is 0 Å². The maximum absolute atomic E-state index is 12.6. The summed E-state index contributed by atoms with van der Waals surface area (Å²) >= 11 is 1.43. The molecule has 1 aliphatic rings. The third kappa shape index (κ3) is 4.15. The lowest BCUT2D eigenvalue weighted by molar-refractivity contribution is 0.0913. The van der Waals surface area contributed by atoms with Crippen molar-refractivity contribution in [3.8, 4) is 5.75 Å². The van der Waals surface area contributed by atoms with Crippen molar-refractivity contribution in [2.75, 3.05) is 0 Å². The number of nitrogens with one attached hydrogen (secondary N) is 1. The van der Waals surface area contributed by atoms with Gasteiger partial charge < -0.3 is 10.1 Å². The number of hydrogen-bond donors (Lipinski definition) is 1. The molecule has 1 saturated carbocycles. The highest BCUT2D eigenvalue weighted by Gasteiger charge is 2.25. The molecule has 1 fully saturated rings. The Balaban J connectivity index is 1.61. The van der Waals surface area contributed by atoms with Crippen molar-refractivity contribution in [1.29, 1.82) is 0 Å². The van der Waals surface area contributed by atoms with Crippen LogP contribution in [0.15, 0.2) is 30.3 Å². The summed E-state index contributed by atoms with van der Waals surface area (Å²) < 4.78 is 5.72. The van der Waals surface area contributed by atoms with Crippen molar-refractivity contribution < 1.29 is 9.53 Å². The second kappa shape index (κ2) is 7.79. The van der Waals surface area contributed by atoms with E-state index in [1.165, 1.54) is 30.6 Å². The van der Waals surface area contributed by atoms with Crippen LogP contribution in [0.1, 0.15) is 53.0 Å². The molecule has 1 heterocycles. The van der Waals surface area contributed by atoms with Gasteiger partial charge in [0.25, 0.3) is 5.91 Å². The van der Waals surface area contributed by atoms with Gasteiger partial charge in [-0.2, -0.15) is 0 Å². The van der Waals surface area contributed by atoms with Crippen molar-refractivity contribution in [1.82, 2.24) is 10.3 Å². The van der Waals surface area contributed by atoms with Gasteiger partial charge in [0.2, 0.25) is 0 Å². The molecule has 0 bridgehead atoms. The van der Waals surface area contributed by atoms with Crippen LogP contribution in [-0.4, -0.2) is 16.9 Å². The number of para-hydroxylation sites is 1. The predicted molar refractivity (Wildman–Crippen MR) is 96.5 cm³/mol. The largest absolute Gasteiger partial charge is 0.486 e. The number of carbonyl (C=O) groups is 1. The van der Waals surface area contributed by atoms with E-state index in [0.717, 1.165) is 22.9 Å². The average molecular weight is 344 g/mol. The van der Waals surface area contributed by atoms with Crippen LogP contribution in [0.3, 0.4) is 0 Å². The highest BCUT2D eigenvalue weighted by molar-refractivity contribution is 7.13. The molecule has 1 aromatic carbocycles. The minimum Gasteiger partial charge on any atom is -0.486 e. The Morgan fingerprint density at radius 1 is 1.29 bits per heavy atom. The average Bonchev–Trinajstić information content (AvgIpc) is 2.97. The van der Waals surface area contributed by atoms with Gasteiger partial charge in [0, 0.05) is 6.04 Å². The minimum atomic E-state index is 0.00899. The third-order valence-corrected chi connectivity index (χ3v) is 5.71. The zero-order valence-electron chi connectivity index (χ0n) is 14.2. The van der Waals surface area contributed by atoms with E-state index < -0.39 is 0 Å². The number of benzene rings is 1. The lowest BCUT2D eigenvalue weighted by atomic mass is 9.86. The molecule has 5 heteroatoms. The summed E-state index contributed by atoms with van der Waals surface area (Å²) in [7, 11) is 0. The van der Waals surface area contributed by atoms with Crippen molar-refractivity contribution in [3.05, 3.63) is 45.9 Å². The molecule has 0 aliphatic heterocycles. The number of ether oxygens (including phenoxy) is 1. The number of amides is 1. The summed E-state index contributed by atoms with van der Waals surface area (Å²) in [5.74, 6) is 1.37. The van der Waals surface area contributed by atoms with E-state index in [4.69, 9.17) is 4.74 Å². The molecule has 1 aliphatic carbocycles. The Bertz CT molecular complexity index is 684. The zero-order valence-corrected chi connectivity index (χ0v) is 15.1. The van der Waals surface area contributed by atoms with E-state index in [2.05, 4.69) is 17.2 Å². The molecule has 0 radical (unpaired) electrons. The van der Waals surface area contributed by atoms with Crippen molar-refractivity contribution in [2.45, 2.75) is 52.2 Å². The third-order valence-electron chi connectivity index (χ3n) is 4.58. The van der Waals surface area contributed by atoms with Crippen molar-refractivity contribution >= 4 is 17.2 Å². The Hall–Kier alpha value is -1.88. The molecule has 1 N–H and O–H groups in total. The number of aryl methyl sites for hydroxylation is 1. The van der Waals surface area contributed by atoms with Crippen LogP contribution in [-0.2, 0) is 6.61 Å². The molecule has 24 heavy (non-hydrogen) atoms. The molecule has 1 aromatic heterocycles. The number of nitrogens with zero attached hydrogens (tertiary/aromatic N) is 1. The Kier molecular flexibility index (Phi) is 5.51. The van der Waals surface area contributed by atoms with Crippen molar-refractivity contribution in [2.24, 2.45) is 5.92 Å². The first-order valence-electron chi connectivity index (χ1n) is 8.58. The Morgan fingerprint density at radius 3 is 2.79 bits per heavy atom. The molecule has 0 spiro atoms. The molecular formula is C19H24N2O2S. The van der Waals surface area contributed by atoms with Crippen LogP contribution in [0.5, 0.6) is 5.75 Å². The molecule has 1 amide bonds. The molecule has 0 saturated heterocycles. The standard InChI is InChI=1S/C19H24N2O2S/c1-13-8-6-7-11-16(13)21-19(22)18-14(2)20-17(24-18)12-23-15-9-4-3-5-10-15/h3-5,9-10,13,16H,6-8,11-12H2,1-2H3,(H,21,22)/t13-,16+/m1/s1. The van der Waals surface area contributed by atoms with E-state index in [-0.39, 0.29) is 11.9 Å². The topological polar surface area (TPSA) is 51.2 Å². The van der Waals surface area contributed by atoms with Crippen LogP contribution >= 0.6 is 11.3 Å². The summed E-state index contributed by atoms with van der Waals surface area (Å²) in [6.07, 6.45) is 4.75. The molecule has 3 rings (SSSR count). The van der Waals surface area contributed by atoms with Gasteiger partial charge in [-0.15, -0.1) is 11.3 Å². The molecule has 2 atom stereocenters. The minimum absolute atomic E-state index is 0.00899. The van der Waals surface area contributed by atoms with Gasteiger partial charge in [-0.05, 0) is 37.8 Å². The molecule has 4 nitrogen and oxygen atoms in total. The maximum atomic E-state index is 12.6. The highest BCUT2D eigenvalue weighted by atomic mass is 32.1. The number of rotatable bonds is 5. The monoisotopic (exact) mass is 344 g/mol. The first-order valence-corrected chi connectivity index (χ1v) is 9.40. The fourth-order valence-electron chi connectivity index (χ4n) is 3.15. The summed E-state index contributed by atoms with van der Waals surface area (Å²) in [4.78, 5) is 17.8. The van der Waals surface area contributed by atoms with Gasteiger partial charge in [-0.25, -0.2) is 4.98 Å². The van der Waals surface area contributed by atoms with Gasteiger partial charge in [0.1, 0.15) is 22.2 Å². The van der Waals surface area contributed by atoms with Crippen LogP contribution in [0.4, 0.5) is 0 Å². The second-order valence-corrected chi connectivity index (χ2v) is 7.55.